The van der Waals surface area contributed by atoms with E-state index in [1.807, 2.05) is 0 Å². The maximum absolute atomic E-state index is 12.8. The summed E-state index contributed by atoms with van der Waals surface area (Å²) in [5.41, 5.74) is 9.78. The van der Waals surface area contributed by atoms with Crippen molar-refractivity contribution in [2.75, 3.05) is 6.61 Å². The molecule has 0 heterocycles. The van der Waals surface area contributed by atoms with Crippen LogP contribution in [0.2, 0.25) is 0 Å². The number of amides is 1. The molecule has 1 aromatic carbocycles. The molecular weight excluding hydrogens is 223 g/mol. The summed E-state index contributed by atoms with van der Waals surface area (Å²) >= 11 is 0. The molecule has 1 atom stereocenters. The molecule has 0 fully saturated rings. The van der Waals surface area contributed by atoms with E-state index in [0.717, 1.165) is 0 Å². The van der Waals surface area contributed by atoms with Crippen LogP contribution in [0.1, 0.15) is 19.8 Å². The van der Waals surface area contributed by atoms with Gasteiger partial charge in [0.25, 0.3) is 0 Å². The molecule has 0 spiro atoms. The van der Waals surface area contributed by atoms with Gasteiger partial charge >= 0.3 is 0 Å². The summed E-state index contributed by atoms with van der Waals surface area (Å²) in [6.45, 7) is 1.95. The van der Waals surface area contributed by atoms with Gasteiger partial charge in [0, 0.05) is 6.07 Å². The Morgan fingerprint density at radius 3 is 2.82 bits per heavy atom. The van der Waals surface area contributed by atoms with E-state index in [1.54, 1.807) is 19.1 Å². The fraction of sp³-hybridized carbons (Fsp3) is 0.417. The third-order valence-electron chi connectivity index (χ3n) is 2.47. The third kappa shape index (κ3) is 4.40. The molecule has 0 aliphatic heterocycles. The van der Waals surface area contributed by atoms with Gasteiger partial charge in [-0.25, -0.2) is 4.39 Å². The van der Waals surface area contributed by atoms with E-state index < -0.39 is 11.4 Å². The predicted octanol–water partition coefficient (Wildman–Crippen LogP) is 1.19. The van der Waals surface area contributed by atoms with Gasteiger partial charge in [-0.1, -0.05) is 6.07 Å². The quantitative estimate of drug-likeness (QED) is 0.733. The predicted molar refractivity (Wildman–Crippen MR) is 62.9 cm³/mol. The number of carbonyl (C=O) groups excluding carboxylic acids is 1. The standard InChI is InChI=1S/C12H17FN2O2/c1-12(15,11(14)16)6-3-7-17-10-5-2-4-9(13)8-10/h2,4-5,8H,3,6-7,15H2,1H3,(H2,14,16). The minimum absolute atomic E-state index is 0.344. The average Bonchev–Trinajstić information content (AvgIpc) is 2.24. The Hall–Kier alpha value is -1.62. The number of rotatable bonds is 6. The Bertz CT molecular complexity index is 394. The van der Waals surface area contributed by atoms with Crippen molar-refractivity contribution >= 4 is 5.91 Å². The van der Waals surface area contributed by atoms with Gasteiger partial charge in [0.05, 0.1) is 12.1 Å². The highest BCUT2D eigenvalue weighted by molar-refractivity contribution is 5.83. The first-order chi connectivity index (χ1) is 7.92. The summed E-state index contributed by atoms with van der Waals surface area (Å²) in [5, 5.41) is 0. The number of benzene rings is 1. The molecule has 0 bridgehead atoms. The fourth-order valence-electron chi connectivity index (χ4n) is 1.31. The molecule has 4 N–H and O–H groups in total. The molecule has 5 heteroatoms. The lowest BCUT2D eigenvalue weighted by Crippen LogP contribution is -2.49. The number of ether oxygens (including phenoxy) is 1. The van der Waals surface area contributed by atoms with Gasteiger partial charge < -0.3 is 16.2 Å². The Balaban J connectivity index is 2.32. The Labute approximate surface area is 99.7 Å². The zero-order valence-electron chi connectivity index (χ0n) is 9.78. The number of primary amides is 1. The summed E-state index contributed by atoms with van der Waals surface area (Å²) < 4.78 is 18.1. The van der Waals surface area contributed by atoms with Crippen LogP contribution in [-0.4, -0.2) is 18.1 Å². The van der Waals surface area contributed by atoms with E-state index >= 15 is 0 Å². The van der Waals surface area contributed by atoms with Crippen LogP contribution in [-0.2, 0) is 4.79 Å². The van der Waals surface area contributed by atoms with E-state index in [9.17, 15) is 9.18 Å². The number of hydrogen-bond acceptors (Lipinski definition) is 3. The molecule has 0 aromatic heterocycles. The zero-order chi connectivity index (χ0) is 12.9. The SMILES string of the molecule is CC(N)(CCCOc1cccc(F)c1)C(N)=O. The highest BCUT2D eigenvalue weighted by Gasteiger charge is 2.24. The number of nitrogens with two attached hydrogens (primary N) is 2. The van der Waals surface area contributed by atoms with Crippen LogP contribution >= 0.6 is 0 Å². The van der Waals surface area contributed by atoms with Gasteiger partial charge in [-0.15, -0.1) is 0 Å². The van der Waals surface area contributed by atoms with Crippen LogP contribution in [0.25, 0.3) is 0 Å². The molecule has 0 aliphatic carbocycles. The van der Waals surface area contributed by atoms with E-state index in [4.69, 9.17) is 16.2 Å². The Kier molecular flexibility index (Phi) is 4.45. The highest BCUT2D eigenvalue weighted by atomic mass is 19.1. The third-order valence-corrected chi connectivity index (χ3v) is 2.47. The van der Waals surface area contributed by atoms with Crippen LogP contribution in [0, 0.1) is 5.82 Å². The largest absolute Gasteiger partial charge is 0.493 e. The van der Waals surface area contributed by atoms with Crippen LogP contribution in [0.5, 0.6) is 5.75 Å². The molecule has 4 nitrogen and oxygen atoms in total. The normalized spacial score (nSPS) is 14.1. The van der Waals surface area contributed by atoms with Crippen molar-refractivity contribution in [1.82, 2.24) is 0 Å². The van der Waals surface area contributed by atoms with Crippen molar-refractivity contribution in [3.05, 3.63) is 30.1 Å². The average molecular weight is 240 g/mol. The zero-order valence-corrected chi connectivity index (χ0v) is 9.78. The van der Waals surface area contributed by atoms with Crippen molar-refractivity contribution in [3.63, 3.8) is 0 Å². The maximum atomic E-state index is 12.8. The second-order valence-electron chi connectivity index (χ2n) is 4.19. The second kappa shape index (κ2) is 5.63. The molecule has 0 aliphatic rings. The smallest absolute Gasteiger partial charge is 0.237 e. The number of hydrogen-bond donors (Lipinski definition) is 2. The molecule has 1 aromatic rings. The van der Waals surface area contributed by atoms with Gasteiger partial charge in [0.1, 0.15) is 11.6 Å². The lowest BCUT2D eigenvalue weighted by molar-refractivity contribution is -0.122. The fourth-order valence-corrected chi connectivity index (χ4v) is 1.31. The van der Waals surface area contributed by atoms with E-state index in [2.05, 4.69) is 0 Å². The lowest BCUT2D eigenvalue weighted by Gasteiger charge is -2.20. The topological polar surface area (TPSA) is 78.3 Å². The second-order valence-corrected chi connectivity index (χ2v) is 4.19. The molecule has 1 amide bonds. The van der Waals surface area contributed by atoms with E-state index in [-0.39, 0.29) is 5.82 Å². The molecule has 0 saturated carbocycles. The van der Waals surface area contributed by atoms with Gasteiger partial charge in [-0.2, -0.15) is 0 Å². The van der Waals surface area contributed by atoms with Crippen LogP contribution in [0.4, 0.5) is 4.39 Å². The van der Waals surface area contributed by atoms with Crippen LogP contribution in [0.15, 0.2) is 24.3 Å². The summed E-state index contributed by atoms with van der Waals surface area (Å²) in [4.78, 5) is 10.9. The first-order valence-corrected chi connectivity index (χ1v) is 5.39. The van der Waals surface area contributed by atoms with Crippen LogP contribution in [0.3, 0.4) is 0 Å². The van der Waals surface area contributed by atoms with Crippen molar-refractivity contribution in [2.24, 2.45) is 11.5 Å². The summed E-state index contributed by atoms with van der Waals surface area (Å²) in [5.74, 6) is -0.422. The van der Waals surface area contributed by atoms with Gasteiger partial charge in [0.15, 0.2) is 0 Å². The minimum Gasteiger partial charge on any atom is -0.493 e. The highest BCUT2D eigenvalue weighted by Crippen LogP contribution is 2.13. The summed E-state index contributed by atoms with van der Waals surface area (Å²) in [6, 6.07) is 5.88. The van der Waals surface area contributed by atoms with Gasteiger partial charge in [0.2, 0.25) is 5.91 Å². The van der Waals surface area contributed by atoms with Crippen molar-refractivity contribution in [1.29, 1.82) is 0 Å². The summed E-state index contributed by atoms with van der Waals surface area (Å²) in [7, 11) is 0. The maximum Gasteiger partial charge on any atom is 0.237 e. The molecule has 0 radical (unpaired) electrons. The lowest BCUT2D eigenvalue weighted by atomic mass is 9.97. The molecule has 1 rings (SSSR count). The van der Waals surface area contributed by atoms with Crippen molar-refractivity contribution in [2.45, 2.75) is 25.3 Å². The Morgan fingerprint density at radius 1 is 1.53 bits per heavy atom. The molecule has 0 saturated heterocycles. The molecule has 94 valence electrons. The van der Waals surface area contributed by atoms with Crippen molar-refractivity contribution in [3.8, 4) is 5.75 Å². The van der Waals surface area contributed by atoms with Gasteiger partial charge in [-0.3, -0.25) is 4.79 Å². The van der Waals surface area contributed by atoms with Gasteiger partial charge in [-0.05, 0) is 31.9 Å². The molecular formula is C12H17FN2O2. The van der Waals surface area contributed by atoms with E-state index in [1.165, 1.54) is 12.1 Å². The Morgan fingerprint density at radius 2 is 2.24 bits per heavy atom. The number of halogens is 1. The molecule has 17 heavy (non-hydrogen) atoms. The molecule has 1 unspecified atom stereocenters. The summed E-state index contributed by atoms with van der Waals surface area (Å²) in [6.07, 6.45) is 1.00. The first-order valence-electron chi connectivity index (χ1n) is 5.39. The minimum atomic E-state index is -1.02. The monoisotopic (exact) mass is 240 g/mol. The number of carbonyl (C=O) groups is 1. The van der Waals surface area contributed by atoms with Crippen LogP contribution < -0.4 is 16.2 Å². The van der Waals surface area contributed by atoms with E-state index in [0.29, 0.717) is 25.2 Å². The van der Waals surface area contributed by atoms with Crippen molar-refractivity contribution < 1.29 is 13.9 Å². The first kappa shape index (κ1) is 13.4.